The van der Waals surface area contributed by atoms with E-state index < -0.39 is 28.3 Å². The van der Waals surface area contributed by atoms with Crippen LogP contribution in [0.5, 0.6) is 0 Å². The van der Waals surface area contributed by atoms with Gasteiger partial charge in [0, 0.05) is 12.3 Å². The predicted octanol–water partition coefficient (Wildman–Crippen LogP) is 2.50. The zero-order chi connectivity index (χ0) is 15.8. The van der Waals surface area contributed by atoms with E-state index in [1.807, 2.05) is 0 Å². The maximum Gasteiger partial charge on any atom is 0.419 e. The minimum absolute atomic E-state index is 0.306. The number of benzene rings is 1. The van der Waals surface area contributed by atoms with Crippen LogP contribution in [0.25, 0.3) is 5.69 Å². The molecule has 10 heteroatoms. The van der Waals surface area contributed by atoms with Gasteiger partial charge in [-0.25, -0.2) is 9.48 Å². The number of carbonyl (C=O) groups is 1. The minimum Gasteiger partial charge on any atom is -0.478 e. The Bertz CT molecular complexity index is 724. The summed E-state index contributed by atoms with van der Waals surface area (Å²) in [6.45, 7) is 0. The Kier molecular flexibility index (Phi) is 3.37. The molecular weight excluding hydrogens is 295 g/mol. The van der Waals surface area contributed by atoms with E-state index >= 15 is 0 Å². The molecule has 0 saturated heterocycles. The first kappa shape index (κ1) is 14.5. The van der Waals surface area contributed by atoms with Gasteiger partial charge in [0.1, 0.15) is 5.69 Å². The molecule has 0 unspecified atom stereocenters. The summed E-state index contributed by atoms with van der Waals surface area (Å²) in [5, 5.41) is 23.1. The molecule has 1 aromatic heterocycles. The largest absolute Gasteiger partial charge is 0.478 e. The van der Waals surface area contributed by atoms with Crippen molar-refractivity contribution in [3.8, 4) is 5.69 Å². The first-order chi connectivity index (χ1) is 9.70. The molecule has 0 saturated carbocycles. The van der Waals surface area contributed by atoms with Crippen molar-refractivity contribution in [2.24, 2.45) is 0 Å². The summed E-state index contributed by atoms with van der Waals surface area (Å²) in [5.41, 5.74) is -2.33. The van der Waals surface area contributed by atoms with E-state index in [2.05, 4.69) is 5.10 Å². The van der Waals surface area contributed by atoms with Gasteiger partial charge in [-0.3, -0.25) is 10.1 Å². The van der Waals surface area contributed by atoms with Gasteiger partial charge in [-0.2, -0.15) is 18.3 Å². The molecular formula is C11H6F3N3O4. The standard InChI is InChI=1S/C11H6F3N3O4/c12-11(13,14)7-4-15-16(5-7)9-3-6(10(18)19)1-2-8(9)17(20)21/h1-5H,(H,18,19). The Morgan fingerprint density at radius 3 is 2.52 bits per heavy atom. The van der Waals surface area contributed by atoms with Crippen molar-refractivity contribution in [3.05, 3.63) is 51.8 Å². The average Bonchev–Trinajstić information content (AvgIpc) is 2.87. The van der Waals surface area contributed by atoms with Crippen molar-refractivity contribution >= 4 is 11.7 Å². The van der Waals surface area contributed by atoms with Crippen LogP contribution in [-0.2, 0) is 6.18 Å². The molecule has 0 aliphatic rings. The fourth-order valence-corrected chi connectivity index (χ4v) is 1.60. The highest BCUT2D eigenvalue weighted by Crippen LogP contribution is 2.31. The van der Waals surface area contributed by atoms with Crippen LogP contribution < -0.4 is 0 Å². The van der Waals surface area contributed by atoms with Crippen LogP contribution in [0.3, 0.4) is 0 Å². The highest BCUT2D eigenvalue weighted by atomic mass is 19.4. The van der Waals surface area contributed by atoms with E-state index in [0.717, 1.165) is 18.2 Å². The van der Waals surface area contributed by atoms with Gasteiger partial charge >= 0.3 is 12.1 Å². The topological polar surface area (TPSA) is 98.3 Å². The Hall–Kier alpha value is -2.91. The Morgan fingerprint density at radius 1 is 1.38 bits per heavy atom. The van der Waals surface area contributed by atoms with Crippen molar-refractivity contribution < 1.29 is 28.0 Å². The predicted molar refractivity (Wildman–Crippen MR) is 62.2 cm³/mol. The molecule has 0 fully saturated rings. The molecule has 0 bridgehead atoms. The molecule has 0 aliphatic heterocycles. The van der Waals surface area contributed by atoms with Crippen molar-refractivity contribution in [2.75, 3.05) is 0 Å². The third-order valence-electron chi connectivity index (χ3n) is 2.58. The third kappa shape index (κ3) is 2.83. The maximum absolute atomic E-state index is 12.5. The van der Waals surface area contributed by atoms with Crippen LogP contribution in [0, 0.1) is 10.1 Å². The Morgan fingerprint density at radius 2 is 2.05 bits per heavy atom. The van der Waals surface area contributed by atoms with Gasteiger partial charge in [-0.1, -0.05) is 0 Å². The Labute approximate surface area is 114 Å². The molecule has 1 heterocycles. The van der Waals surface area contributed by atoms with Crippen LogP contribution in [0.1, 0.15) is 15.9 Å². The molecule has 2 aromatic rings. The fourth-order valence-electron chi connectivity index (χ4n) is 1.60. The monoisotopic (exact) mass is 301 g/mol. The molecule has 2 rings (SSSR count). The second-order valence-corrected chi connectivity index (χ2v) is 3.94. The van der Waals surface area contributed by atoms with Crippen LogP contribution in [0.4, 0.5) is 18.9 Å². The molecule has 0 atom stereocenters. The van der Waals surface area contributed by atoms with E-state index in [9.17, 15) is 28.1 Å². The summed E-state index contributed by atoms with van der Waals surface area (Å²) in [4.78, 5) is 20.9. The van der Waals surface area contributed by atoms with Crippen LogP contribution >= 0.6 is 0 Å². The van der Waals surface area contributed by atoms with Crippen molar-refractivity contribution in [3.63, 3.8) is 0 Å². The van der Waals surface area contributed by atoms with E-state index in [1.54, 1.807) is 0 Å². The first-order valence-corrected chi connectivity index (χ1v) is 5.34. The van der Waals surface area contributed by atoms with Gasteiger partial charge in [0.2, 0.25) is 0 Å². The maximum atomic E-state index is 12.5. The van der Waals surface area contributed by atoms with E-state index in [4.69, 9.17) is 5.11 Å². The van der Waals surface area contributed by atoms with Crippen molar-refractivity contribution in [1.82, 2.24) is 9.78 Å². The number of nitrogens with zero attached hydrogens (tertiary/aromatic N) is 3. The van der Waals surface area contributed by atoms with E-state index in [-0.39, 0.29) is 11.3 Å². The second-order valence-electron chi connectivity index (χ2n) is 3.94. The molecule has 21 heavy (non-hydrogen) atoms. The van der Waals surface area contributed by atoms with E-state index in [1.165, 1.54) is 0 Å². The van der Waals surface area contributed by atoms with Gasteiger partial charge in [0.05, 0.1) is 22.2 Å². The van der Waals surface area contributed by atoms with Crippen molar-refractivity contribution in [1.29, 1.82) is 0 Å². The first-order valence-electron chi connectivity index (χ1n) is 5.34. The fraction of sp³-hybridized carbons (Fsp3) is 0.0909. The highest BCUT2D eigenvalue weighted by Gasteiger charge is 2.33. The summed E-state index contributed by atoms with van der Waals surface area (Å²) in [7, 11) is 0. The minimum atomic E-state index is -4.66. The summed E-state index contributed by atoms with van der Waals surface area (Å²) >= 11 is 0. The second kappa shape index (κ2) is 4.89. The zero-order valence-corrected chi connectivity index (χ0v) is 10.0. The molecule has 0 aliphatic carbocycles. The number of nitro groups is 1. The molecule has 110 valence electrons. The number of hydrogen-bond donors (Lipinski definition) is 1. The van der Waals surface area contributed by atoms with Gasteiger partial charge < -0.3 is 5.11 Å². The Balaban J connectivity index is 2.60. The number of aromatic nitrogens is 2. The highest BCUT2D eigenvalue weighted by molar-refractivity contribution is 5.89. The lowest BCUT2D eigenvalue weighted by Crippen LogP contribution is -2.05. The van der Waals surface area contributed by atoms with Gasteiger partial charge in [-0.05, 0) is 12.1 Å². The quantitative estimate of drug-likeness (QED) is 0.693. The van der Waals surface area contributed by atoms with Crippen LogP contribution in [0.2, 0.25) is 0 Å². The number of halogens is 3. The number of alkyl halides is 3. The number of carboxylic acids is 1. The van der Waals surface area contributed by atoms with Crippen molar-refractivity contribution in [2.45, 2.75) is 6.18 Å². The lowest BCUT2D eigenvalue weighted by Gasteiger charge is -2.05. The van der Waals surface area contributed by atoms with Crippen LogP contribution in [-0.4, -0.2) is 25.8 Å². The van der Waals surface area contributed by atoms with Crippen LogP contribution in [0.15, 0.2) is 30.6 Å². The number of nitro benzene ring substituents is 1. The SMILES string of the molecule is O=C(O)c1ccc([N+](=O)[O-])c(-n2cc(C(F)(F)F)cn2)c1. The van der Waals surface area contributed by atoms with Gasteiger partial charge in [0.15, 0.2) is 0 Å². The molecule has 0 radical (unpaired) electrons. The van der Waals surface area contributed by atoms with Gasteiger partial charge in [0.25, 0.3) is 5.69 Å². The summed E-state index contributed by atoms with van der Waals surface area (Å²) in [5.74, 6) is -1.37. The normalized spacial score (nSPS) is 11.4. The lowest BCUT2D eigenvalue weighted by atomic mass is 10.1. The molecule has 0 amide bonds. The van der Waals surface area contributed by atoms with E-state index in [0.29, 0.717) is 17.1 Å². The summed E-state index contributed by atoms with van der Waals surface area (Å²) in [6.07, 6.45) is -3.61. The number of hydrogen-bond acceptors (Lipinski definition) is 4. The number of carboxylic acid groups (broad SMARTS) is 1. The molecule has 0 spiro atoms. The molecule has 1 N–H and O–H groups in total. The average molecular weight is 301 g/mol. The zero-order valence-electron chi connectivity index (χ0n) is 10.0. The summed E-state index contributed by atoms with van der Waals surface area (Å²) < 4.78 is 38.1. The molecule has 7 nitrogen and oxygen atoms in total. The van der Waals surface area contributed by atoms with Gasteiger partial charge in [-0.15, -0.1) is 0 Å². The lowest BCUT2D eigenvalue weighted by molar-refractivity contribution is -0.384. The smallest absolute Gasteiger partial charge is 0.419 e. The summed E-state index contributed by atoms with van der Waals surface area (Å²) in [6, 6.07) is 2.76. The number of rotatable bonds is 3. The third-order valence-corrected chi connectivity index (χ3v) is 2.58. The number of aromatic carboxylic acids is 1. The molecule has 1 aromatic carbocycles.